The molecule has 2 saturated heterocycles. The molecular formula is C17H24N2O4. The van der Waals surface area contributed by atoms with Crippen molar-refractivity contribution in [3.05, 3.63) is 30.1 Å². The predicted molar refractivity (Wildman–Crippen MR) is 84.3 cm³/mol. The van der Waals surface area contributed by atoms with Crippen molar-refractivity contribution in [1.29, 1.82) is 0 Å². The van der Waals surface area contributed by atoms with Crippen LogP contribution in [0.3, 0.4) is 0 Å². The quantitative estimate of drug-likeness (QED) is 0.927. The predicted octanol–water partition coefficient (Wildman–Crippen LogP) is 2.85. The van der Waals surface area contributed by atoms with Gasteiger partial charge in [-0.25, -0.2) is 4.79 Å². The van der Waals surface area contributed by atoms with E-state index in [1.165, 1.54) is 4.90 Å². The van der Waals surface area contributed by atoms with Crippen LogP contribution in [0, 0.1) is 0 Å². The summed E-state index contributed by atoms with van der Waals surface area (Å²) in [5.74, 6) is 0. The van der Waals surface area contributed by atoms with Gasteiger partial charge in [0.2, 0.25) is 0 Å². The maximum absolute atomic E-state index is 11.1. The molecule has 2 aliphatic rings. The van der Waals surface area contributed by atoms with Gasteiger partial charge in [0.15, 0.2) is 0 Å². The molecule has 1 N–H and O–H groups in total. The Morgan fingerprint density at radius 1 is 1.52 bits per heavy atom. The van der Waals surface area contributed by atoms with E-state index in [-0.39, 0.29) is 17.8 Å². The second kappa shape index (κ2) is 6.84. The highest BCUT2D eigenvalue weighted by Crippen LogP contribution is 2.43. The lowest BCUT2D eigenvalue weighted by Gasteiger charge is -2.48. The fraction of sp³-hybridized carbons (Fsp3) is 0.647. The molecular weight excluding hydrogens is 296 g/mol. The van der Waals surface area contributed by atoms with E-state index in [1.807, 2.05) is 25.3 Å². The first kappa shape index (κ1) is 16.2. The van der Waals surface area contributed by atoms with Gasteiger partial charge in [-0.1, -0.05) is 6.07 Å². The van der Waals surface area contributed by atoms with Crippen molar-refractivity contribution in [1.82, 2.24) is 9.88 Å². The third-order valence-corrected chi connectivity index (χ3v) is 4.87. The Bertz CT molecular complexity index is 529. The number of ether oxygens (including phenoxy) is 2. The largest absolute Gasteiger partial charge is 0.465 e. The van der Waals surface area contributed by atoms with E-state index >= 15 is 0 Å². The fourth-order valence-electron chi connectivity index (χ4n) is 3.70. The van der Waals surface area contributed by atoms with Gasteiger partial charge < -0.3 is 19.5 Å². The third kappa shape index (κ3) is 3.64. The summed E-state index contributed by atoms with van der Waals surface area (Å²) in [5, 5.41) is 9.14. The zero-order chi connectivity index (χ0) is 16.3. The minimum atomic E-state index is -0.846. The second-order valence-electron chi connectivity index (χ2n) is 6.36. The van der Waals surface area contributed by atoms with E-state index < -0.39 is 6.09 Å². The summed E-state index contributed by atoms with van der Waals surface area (Å²) in [5.41, 5.74) is 0.779. The highest BCUT2D eigenvalue weighted by atomic mass is 16.5. The number of rotatable bonds is 3. The normalized spacial score (nSPS) is 27.1. The number of amides is 1. The molecule has 1 aromatic heterocycles. The Labute approximate surface area is 136 Å². The Hall–Kier alpha value is -1.66. The van der Waals surface area contributed by atoms with Crippen molar-refractivity contribution >= 4 is 6.09 Å². The van der Waals surface area contributed by atoms with Crippen molar-refractivity contribution < 1.29 is 19.4 Å². The van der Waals surface area contributed by atoms with Gasteiger partial charge in [-0.05, 0) is 31.4 Å². The van der Waals surface area contributed by atoms with Gasteiger partial charge in [0.1, 0.15) is 0 Å². The van der Waals surface area contributed by atoms with Crippen molar-refractivity contribution in [3.63, 3.8) is 0 Å². The summed E-state index contributed by atoms with van der Waals surface area (Å²) in [4.78, 5) is 16.8. The van der Waals surface area contributed by atoms with Gasteiger partial charge in [-0.2, -0.15) is 0 Å². The van der Waals surface area contributed by atoms with Gasteiger partial charge in [0, 0.05) is 44.9 Å². The van der Waals surface area contributed by atoms with E-state index in [4.69, 9.17) is 14.6 Å². The first-order valence-corrected chi connectivity index (χ1v) is 8.29. The number of likely N-dealkylation sites (tertiary alicyclic amines) is 1. The van der Waals surface area contributed by atoms with Crippen LogP contribution in [0.5, 0.6) is 0 Å². The molecule has 1 aromatic rings. The smallest absolute Gasteiger partial charge is 0.407 e. The summed E-state index contributed by atoms with van der Waals surface area (Å²) in [6.07, 6.45) is 5.97. The van der Waals surface area contributed by atoms with Gasteiger partial charge in [-0.15, -0.1) is 0 Å². The SMILES string of the molecule is CCOC1CC(c2cccnc2)OC2(CCN(C(=O)O)CC2)C1. The summed E-state index contributed by atoms with van der Waals surface area (Å²) in [6.45, 7) is 3.73. The topological polar surface area (TPSA) is 71.9 Å². The molecule has 2 atom stereocenters. The molecule has 1 spiro atoms. The number of carboxylic acid groups (broad SMARTS) is 1. The number of aromatic nitrogens is 1. The minimum Gasteiger partial charge on any atom is -0.465 e. The Morgan fingerprint density at radius 3 is 2.91 bits per heavy atom. The first-order chi connectivity index (χ1) is 11.1. The standard InChI is InChI=1S/C17H24N2O4/c1-2-22-14-10-15(13-4-3-7-18-12-13)23-17(11-14)5-8-19(9-6-17)16(20)21/h3-4,7,12,14-15H,2,5-6,8-11H2,1H3,(H,20,21). The molecule has 0 bridgehead atoms. The number of carbonyl (C=O) groups is 1. The summed E-state index contributed by atoms with van der Waals surface area (Å²) in [6, 6.07) is 3.95. The fourth-order valence-corrected chi connectivity index (χ4v) is 3.70. The number of hydrogen-bond acceptors (Lipinski definition) is 4. The molecule has 0 saturated carbocycles. The van der Waals surface area contributed by atoms with Gasteiger partial charge in [0.25, 0.3) is 0 Å². The van der Waals surface area contributed by atoms with Crippen LogP contribution in [0.2, 0.25) is 0 Å². The van der Waals surface area contributed by atoms with Crippen molar-refractivity contribution in [2.75, 3.05) is 19.7 Å². The molecule has 0 aliphatic carbocycles. The van der Waals surface area contributed by atoms with E-state index in [9.17, 15) is 4.79 Å². The van der Waals surface area contributed by atoms with Gasteiger partial charge in [-0.3, -0.25) is 4.98 Å². The van der Waals surface area contributed by atoms with Crippen molar-refractivity contribution in [2.45, 2.75) is 50.4 Å². The molecule has 6 heteroatoms. The average Bonchev–Trinajstić information content (AvgIpc) is 2.56. The summed E-state index contributed by atoms with van der Waals surface area (Å²) < 4.78 is 12.4. The summed E-state index contributed by atoms with van der Waals surface area (Å²) >= 11 is 0. The van der Waals surface area contributed by atoms with Crippen molar-refractivity contribution in [3.8, 4) is 0 Å². The average molecular weight is 320 g/mol. The Kier molecular flexibility index (Phi) is 4.82. The van der Waals surface area contributed by atoms with Crippen LogP contribution in [0.25, 0.3) is 0 Å². The Balaban J connectivity index is 1.76. The molecule has 2 aliphatic heterocycles. The molecule has 1 amide bonds. The number of nitrogens with zero attached hydrogens (tertiary/aromatic N) is 2. The zero-order valence-electron chi connectivity index (χ0n) is 13.5. The number of pyridine rings is 1. The zero-order valence-corrected chi connectivity index (χ0v) is 13.5. The molecule has 3 rings (SSSR count). The maximum atomic E-state index is 11.1. The second-order valence-corrected chi connectivity index (χ2v) is 6.36. The molecule has 0 radical (unpaired) electrons. The van der Waals surface area contributed by atoms with Crippen LogP contribution in [0.15, 0.2) is 24.5 Å². The van der Waals surface area contributed by atoms with Crippen LogP contribution in [-0.4, -0.2) is 52.5 Å². The highest BCUT2D eigenvalue weighted by molar-refractivity contribution is 5.65. The summed E-state index contributed by atoms with van der Waals surface area (Å²) in [7, 11) is 0. The van der Waals surface area contributed by atoms with Crippen LogP contribution in [0.4, 0.5) is 4.79 Å². The lowest BCUT2D eigenvalue weighted by atomic mass is 9.81. The Morgan fingerprint density at radius 2 is 2.30 bits per heavy atom. The number of hydrogen-bond donors (Lipinski definition) is 1. The van der Waals surface area contributed by atoms with E-state index in [0.29, 0.717) is 19.7 Å². The highest BCUT2D eigenvalue weighted by Gasteiger charge is 2.45. The van der Waals surface area contributed by atoms with Gasteiger partial charge >= 0.3 is 6.09 Å². The monoisotopic (exact) mass is 320 g/mol. The molecule has 126 valence electrons. The van der Waals surface area contributed by atoms with Crippen LogP contribution >= 0.6 is 0 Å². The molecule has 2 unspecified atom stereocenters. The molecule has 23 heavy (non-hydrogen) atoms. The van der Waals surface area contributed by atoms with E-state index in [1.54, 1.807) is 6.20 Å². The third-order valence-electron chi connectivity index (χ3n) is 4.87. The molecule has 6 nitrogen and oxygen atoms in total. The van der Waals surface area contributed by atoms with Crippen LogP contribution in [-0.2, 0) is 9.47 Å². The van der Waals surface area contributed by atoms with Crippen LogP contribution < -0.4 is 0 Å². The molecule has 3 heterocycles. The molecule has 2 fully saturated rings. The number of piperidine rings is 1. The van der Waals surface area contributed by atoms with Crippen LogP contribution in [0.1, 0.15) is 44.3 Å². The van der Waals surface area contributed by atoms with E-state index in [0.717, 1.165) is 31.2 Å². The lowest BCUT2D eigenvalue weighted by Crippen LogP contribution is -2.52. The molecule has 0 aromatic carbocycles. The van der Waals surface area contributed by atoms with E-state index in [2.05, 4.69) is 4.98 Å². The van der Waals surface area contributed by atoms with Gasteiger partial charge in [0.05, 0.1) is 17.8 Å². The minimum absolute atomic E-state index is 0.0367. The van der Waals surface area contributed by atoms with Crippen molar-refractivity contribution in [2.24, 2.45) is 0 Å². The maximum Gasteiger partial charge on any atom is 0.407 e. The lowest BCUT2D eigenvalue weighted by molar-refractivity contribution is -0.191. The first-order valence-electron chi connectivity index (χ1n) is 8.29.